The lowest BCUT2D eigenvalue weighted by Gasteiger charge is -2.00. The molecule has 1 aromatic carbocycles. The number of rotatable bonds is 2. The Balaban J connectivity index is 1.99. The predicted molar refractivity (Wildman–Crippen MR) is 69.4 cm³/mol. The summed E-state index contributed by atoms with van der Waals surface area (Å²) in [6.07, 6.45) is 0.455. The number of carbonyl (C=O) groups is 1. The molecular formula is C12H9ClN2OS. The highest BCUT2D eigenvalue weighted by atomic mass is 35.5. The number of carbonyl (C=O) groups excluding carboxylic acids is 1. The standard InChI is InChI=1S/C12H9ClN2OS/c13-5-9-6-17-12(14-9)7-1-2-10-8(3-7)4-11(16)15-10/h1-3,6H,4-5H2,(H,15,16). The van der Waals surface area contributed by atoms with Crippen molar-refractivity contribution in [2.75, 3.05) is 5.32 Å². The smallest absolute Gasteiger partial charge is 0.228 e. The Labute approximate surface area is 107 Å². The molecule has 2 heterocycles. The summed E-state index contributed by atoms with van der Waals surface area (Å²) in [5.41, 5.74) is 3.88. The second-order valence-corrected chi connectivity index (χ2v) is 5.00. The Bertz CT molecular complexity index is 594. The number of alkyl halides is 1. The average molecular weight is 265 g/mol. The number of halogens is 1. The van der Waals surface area contributed by atoms with Crippen LogP contribution in [-0.4, -0.2) is 10.9 Å². The van der Waals surface area contributed by atoms with E-state index in [-0.39, 0.29) is 5.91 Å². The first-order chi connectivity index (χ1) is 8.26. The summed E-state index contributed by atoms with van der Waals surface area (Å²) in [4.78, 5) is 15.7. The van der Waals surface area contributed by atoms with Crippen LogP contribution in [0.15, 0.2) is 23.6 Å². The molecule has 1 amide bonds. The molecule has 0 saturated heterocycles. The zero-order valence-electron chi connectivity index (χ0n) is 8.87. The molecule has 1 N–H and O–H groups in total. The van der Waals surface area contributed by atoms with Crippen LogP contribution < -0.4 is 5.32 Å². The van der Waals surface area contributed by atoms with E-state index >= 15 is 0 Å². The first-order valence-corrected chi connectivity index (χ1v) is 6.61. The highest BCUT2D eigenvalue weighted by Gasteiger charge is 2.18. The van der Waals surface area contributed by atoms with Crippen LogP contribution in [0.25, 0.3) is 10.6 Å². The predicted octanol–water partition coefficient (Wildman–Crippen LogP) is 3.04. The lowest BCUT2D eigenvalue weighted by Crippen LogP contribution is -2.03. The number of fused-ring (bicyclic) bond motifs is 1. The van der Waals surface area contributed by atoms with Gasteiger partial charge in [0.05, 0.1) is 18.0 Å². The quantitative estimate of drug-likeness (QED) is 0.847. The molecule has 2 aromatic rings. The largest absolute Gasteiger partial charge is 0.326 e. The van der Waals surface area contributed by atoms with Crippen LogP contribution in [0.5, 0.6) is 0 Å². The Morgan fingerprint density at radius 1 is 1.47 bits per heavy atom. The van der Waals surface area contributed by atoms with Crippen LogP contribution in [0.3, 0.4) is 0 Å². The SMILES string of the molecule is O=C1Cc2cc(-c3nc(CCl)cs3)ccc2N1. The van der Waals surface area contributed by atoms with Crippen LogP contribution >= 0.6 is 22.9 Å². The summed E-state index contributed by atoms with van der Waals surface area (Å²) in [5, 5.41) is 5.72. The Hall–Kier alpha value is -1.39. The topological polar surface area (TPSA) is 42.0 Å². The number of nitrogens with one attached hydrogen (secondary N) is 1. The molecule has 1 aliphatic heterocycles. The summed E-state index contributed by atoms with van der Waals surface area (Å²) < 4.78 is 0. The summed E-state index contributed by atoms with van der Waals surface area (Å²) in [5.74, 6) is 0.485. The third kappa shape index (κ3) is 1.94. The van der Waals surface area contributed by atoms with E-state index < -0.39 is 0 Å². The van der Waals surface area contributed by atoms with E-state index in [1.54, 1.807) is 11.3 Å². The van der Waals surface area contributed by atoms with E-state index in [2.05, 4.69) is 10.3 Å². The van der Waals surface area contributed by atoms with Crippen LogP contribution in [-0.2, 0) is 17.1 Å². The van der Waals surface area contributed by atoms with Crippen LogP contribution in [0.2, 0.25) is 0 Å². The van der Waals surface area contributed by atoms with Gasteiger partial charge in [0, 0.05) is 16.6 Å². The van der Waals surface area contributed by atoms with Gasteiger partial charge in [0.25, 0.3) is 0 Å². The van der Waals surface area contributed by atoms with Gasteiger partial charge in [-0.2, -0.15) is 0 Å². The Morgan fingerprint density at radius 2 is 2.35 bits per heavy atom. The second-order valence-electron chi connectivity index (χ2n) is 3.87. The molecule has 1 aromatic heterocycles. The van der Waals surface area contributed by atoms with Crippen molar-refractivity contribution in [2.45, 2.75) is 12.3 Å². The van der Waals surface area contributed by atoms with Gasteiger partial charge in [0.15, 0.2) is 0 Å². The maximum Gasteiger partial charge on any atom is 0.228 e. The Kier molecular flexibility index (Phi) is 2.61. The molecule has 3 nitrogen and oxygen atoms in total. The fourth-order valence-electron chi connectivity index (χ4n) is 1.86. The highest BCUT2D eigenvalue weighted by molar-refractivity contribution is 7.13. The molecule has 0 saturated carbocycles. The van der Waals surface area contributed by atoms with Gasteiger partial charge >= 0.3 is 0 Å². The normalized spacial score (nSPS) is 13.6. The summed E-state index contributed by atoms with van der Waals surface area (Å²) >= 11 is 7.30. The minimum Gasteiger partial charge on any atom is -0.326 e. The van der Waals surface area contributed by atoms with Crippen LogP contribution in [0, 0.1) is 0 Å². The third-order valence-electron chi connectivity index (χ3n) is 2.67. The van der Waals surface area contributed by atoms with Gasteiger partial charge in [0.2, 0.25) is 5.91 Å². The maximum absolute atomic E-state index is 11.3. The molecule has 17 heavy (non-hydrogen) atoms. The lowest BCUT2D eigenvalue weighted by atomic mass is 10.1. The summed E-state index contributed by atoms with van der Waals surface area (Å²) in [7, 11) is 0. The van der Waals surface area contributed by atoms with Crippen molar-refractivity contribution in [1.82, 2.24) is 4.98 Å². The fourth-order valence-corrected chi connectivity index (χ4v) is 2.91. The molecule has 1 aliphatic rings. The first kappa shape index (κ1) is 10.7. The fraction of sp³-hybridized carbons (Fsp3) is 0.167. The molecule has 0 spiro atoms. The van der Waals surface area contributed by atoms with Gasteiger partial charge in [-0.3, -0.25) is 4.79 Å². The average Bonchev–Trinajstić information content (AvgIpc) is 2.92. The number of benzene rings is 1. The molecule has 5 heteroatoms. The minimum atomic E-state index is 0.0535. The molecule has 0 radical (unpaired) electrons. The van der Waals surface area contributed by atoms with E-state index in [4.69, 9.17) is 11.6 Å². The molecule has 0 atom stereocenters. The first-order valence-electron chi connectivity index (χ1n) is 5.20. The van der Waals surface area contributed by atoms with Crippen molar-refractivity contribution in [3.63, 3.8) is 0 Å². The molecule has 0 fully saturated rings. The third-order valence-corrected chi connectivity index (χ3v) is 3.88. The zero-order valence-corrected chi connectivity index (χ0v) is 10.4. The molecule has 0 unspecified atom stereocenters. The number of hydrogen-bond donors (Lipinski definition) is 1. The van der Waals surface area contributed by atoms with Crippen LogP contribution in [0.1, 0.15) is 11.3 Å². The Morgan fingerprint density at radius 3 is 3.12 bits per heavy atom. The zero-order chi connectivity index (χ0) is 11.8. The van der Waals surface area contributed by atoms with Gasteiger partial charge in [0.1, 0.15) is 5.01 Å². The van der Waals surface area contributed by atoms with Crippen molar-refractivity contribution in [2.24, 2.45) is 0 Å². The van der Waals surface area contributed by atoms with Gasteiger partial charge in [-0.15, -0.1) is 22.9 Å². The van der Waals surface area contributed by atoms with Crippen molar-refractivity contribution in [3.8, 4) is 10.6 Å². The number of thiazole rings is 1. The molecule has 0 bridgehead atoms. The van der Waals surface area contributed by atoms with E-state index in [0.717, 1.165) is 27.5 Å². The van der Waals surface area contributed by atoms with Gasteiger partial charge < -0.3 is 5.32 Å². The minimum absolute atomic E-state index is 0.0535. The van der Waals surface area contributed by atoms with E-state index in [1.165, 1.54) is 0 Å². The monoisotopic (exact) mass is 264 g/mol. The van der Waals surface area contributed by atoms with E-state index in [0.29, 0.717) is 12.3 Å². The maximum atomic E-state index is 11.3. The molecule has 0 aliphatic carbocycles. The number of nitrogens with zero attached hydrogens (tertiary/aromatic N) is 1. The van der Waals surface area contributed by atoms with E-state index in [9.17, 15) is 4.79 Å². The number of hydrogen-bond acceptors (Lipinski definition) is 3. The molecule has 86 valence electrons. The van der Waals surface area contributed by atoms with Crippen molar-refractivity contribution in [1.29, 1.82) is 0 Å². The van der Waals surface area contributed by atoms with Crippen molar-refractivity contribution >= 4 is 34.5 Å². The lowest BCUT2D eigenvalue weighted by molar-refractivity contribution is -0.115. The van der Waals surface area contributed by atoms with Gasteiger partial charge in [-0.05, 0) is 23.8 Å². The number of aromatic nitrogens is 1. The van der Waals surface area contributed by atoms with Crippen molar-refractivity contribution < 1.29 is 4.79 Å². The number of anilines is 1. The number of amides is 1. The molecule has 3 rings (SSSR count). The van der Waals surface area contributed by atoms with Gasteiger partial charge in [-0.1, -0.05) is 0 Å². The van der Waals surface area contributed by atoms with Crippen molar-refractivity contribution in [3.05, 3.63) is 34.8 Å². The summed E-state index contributed by atoms with van der Waals surface area (Å²) in [6.45, 7) is 0. The molecular weight excluding hydrogens is 256 g/mol. The van der Waals surface area contributed by atoms with Gasteiger partial charge in [-0.25, -0.2) is 4.98 Å². The highest BCUT2D eigenvalue weighted by Crippen LogP contribution is 2.30. The van der Waals surface area contributed by atoms with Crippen LogP contribution in [0.4, 0.5) is 5.69 Å². The second kappa shape index (κ2) is 4.13. The van der Waals surface area contributed by atoms with E-state index in [1.807, 2.05) is 23.6 Å². The summed E-state index contributed by atoms with van der Waals surface area (Å²) in [6, 6.07) is 5.92.